The van der Waals surface area contributed by atoms with Crippen LogP contribution in [-0.4, -0.2) is 14.3 Å². The normalized spacial score (nSPS) is 11.4. The van der Waals surface area contributed by atoms with Gasteiger partial charge in [0.1, 0.15) is 5.65 Å². The van der Waals surface area contributed by atoms with Crippen molar-refractivity contribution in [2.24, 2.45) is 10.2 Å². The lowest BCUT2D eigenvalue weighted by Gasteiger charge is -1.98. The third-order valence-electron chi connectivity index (χ3n) is 3.29. The fraction of sp³-hybridized carbons (Fsp3) is 0.133. The Morgan fingerprint density at radius 2 is 2.00 bits per heavy atom. The van der Waals surface area contributed by atoms with Crippen LogP contribution in [0, 0.1) is 24.0 Å². The number of rotatable bonds is 3. The Balaban J connectivity index is 2.03. The fourth-order valence-electron chi connectivity index (χ4n) is 2.20. The monoisotopic (exact) mass is 295 g/mol. The summed E-state index contributed by atoms with van der Waals surface area (Å²) in [5, 5.41) is 19.1. The summed E-state index contributed by atoms with van der Waals surface area (Å²) < 4.78 is 1.85. The number of aryl methyl sites for hydroxylation is 2. The molecule has 22 heavy (non-hydrogen) atoms. The maximum absolute atomic E-state index is 10.8. The van der Waals surface area contributed by atoms with Gasteiger partial charge < -0.3 is 0 Å². The van der Waals surface area contributed by atoms with E-state index < -0.39 is 4.92 Å². The first-order chi connectivity index (χ1) is 10.6. The first-order valence-corrected chi connectivity index (χ1v) is 6.67. The third kappa shape index (κ3) is 2.44. The van der Waals surface area contributed by atoms with Crippen LogP contribution in [0.2, 0.25) is 0 Å². The Kier molecular flexibility index (Phi) is 3.38. The van der Waals surface area contributed by atoms with Gasteiger partial charge in [0, 0.05) is 18.3 Å². The molecule has 0 saturated heterocycles. The summed E-state index contributed by atoms with van der Waals surface area (Å²) in [4.78, 5) is 14.8. The molecule has 0 atom stereocenters. The van der Waals surface area contributed by atoms with E-state index in [1.807, 2.05) is 36.6 Å². The van der Waals surface area contributed by atoms with Crippen LogP contribution in [0.15, 0.2) is 52.8 Å². The van der Waals surface area contributed by atoms with Crippen molar-refractivity contribution < 1.29 is 4.92 Å². The fourth-order valence-corrected chi connectivity index (χ4v) is 2.20. The Bertz CT molecular complexity index is 898. The molecule has 3 aromatic rings. The van der Waals surface area contributed by atoms with E-state index in [0.717, 1.165) is 16.9 Å². The van der Waals surface area contributed by atoms with E-state index in [2.05, 4.69) is 15.2 Å². The van der Waals surface area contributed by atoms with Crippen LogP contribution >= 0.6 is 0 Å². The number of hydrogen-bond acceptors (Lipinski definition) is 5. The summed E-state index contributed by atoms with van der Waals surface area (Å²) in [6.07, 6.45) is 1.87. The van der Waals surface area contributed by atoms with Gasteiger partial charge in [-0.3, -0.25) is 14.5 Å². The van der Waals surface area contributed by atoms with Gasteiger partial charge in [-0.15, -0.1) is 10.2 Å². The highest BCUT2D eigenvalue weighted by Gasteiger charge is 2.10. The second-order valence-electron chi connectivity index (χ2n) is 4.88. The Morgan fingerprint density at radius 1 is 1.18 bits per heavy atom. The van der Waals surface area contributed by atoms with Crippen molar-refractivity contribution in [2.75, 3.05) is 0 Å². The zero-order valence-corrected chi connectivity index (χ0v) is 12.1. The number of imidazole rings is 1. The van der Waals surface area contributed by atoms with Crippen LogP contribution < -0.4 is 0 Å². The number of nitrogens with zero attached hydrogens (tertiary/aromatic N) is 5. The zero-order valence-electron chi connectivity index (χ0n) is 12.1. The molecule has 0 radical (unpaired) electrons. The topological polar surface area (TPSA) is 85.2 Å². The zero-order chi connectivity index (χ0) is 15.7. The van der Waals surface area contributed by atoms with Crippen LogP contribution in [0.25, 0.3) is 5.65 Å². The molecular formula is C15H13N5O2. The largest absolute Gasteiger partial charge is 0.283 e. The first kappa shape index (κ1) is 13.9. The molecule has 7 nitrogen and oxygen atoms in total. The standard InChI is InChI=1S/C15H13N5O2/c1-10-5-4-8-19-14(10)16-11(2)15(19)18-17-12-6-3-7-13(9-12)20(21)22/h3-9H,1-2H3. The minimum Gasteiger partial charge on any atom is -0.283 e. The van der Waals surface area contributed by atoms with Gasteiger partial charge in [0.15, 0.2) is 5.82 Å². The van der Waals surface area contributed by atoms with Crippen LogP contribution in [0.1, 0.15) is 11.3 Å². The second-order valence-corrected chi connectivity index (χ2v) is 4.88. The lowest BCUT2D eigenvalue weighted by molar-refractivity contribution is -0.384. The molecule has 0 aliphatic rings. The van der Waals surface area contributed by atoms with Crippen LogP contribution in [0.3, 0.4) is 0 Å². The smallest absolute Gasteiger partial charge is 0.271 e. The summed E-state index contributed by atoms with van der Waals surface area (Å²) in [5.41, 5.74) is 3.04. The molecule has 0 unspecified atom stereocenters. The average Bonchev–Trinajstić information content (AvgIpc) is 2.83. The first-order valence-electron chi connectivity index (χ1n) is 6.67. The molecule has 110 valence electrons. The molecule has 3 rings (SSSR count). The van der Waals surface area contributed by atoms with E-state index in [1.54, 1.807) is 12.1 Å². The van der Waals surface area contributed by atoms with Gasteiger partial charge in [0.05, 0.1) is 16.3 Å². The predicted octanol–water partition coefficient (Wildman–Crippen LogP) is 4.27. The molecule has 0 bridgehead atoms. The summed E-state index contributed by atoms with van der Waals surface area (Å²) in [6.45, 7) is 3.83. The highest BCUT2D eigenvalue weighted by atomic mass is 16.6. The SMILES string of the molecule is Cc1nc2c(C)cccn2c1N=Nc1cccc([N+](=O)[O-])c1. The molecule has 0 saturated carbocycles. The van der Waals surface area contributed by atoms with E-state index in [0.29, 0.717) is 11.5 Å². The third-order valence-corrected chi connectivity index (χ3v) is 3.29. The minimum atomic E-state index is -0.456. The Morgan fingerprint density at radius 3 is 2.77 bits per heavy atom. The van der Waals surface area contributed by atoms with Crippen molar-refractivity contribution in [3.05, 3.63) is 64.0 Å². The summed E-state index contributed by atoms with van der Waals surface area (Å²) >= 11 is 0. The van der Waals surface area contributed by atoms with Crippen molar-refractivity contribution in [3.8, 4) is 0 Å². The van der Waals surface area contributed by atoms with Gasteiger partial charge in [-0.25, -0.2) is 4.98 Å². The van der Waals surface area contributed by atoms with Crippen molar-refractivity contribution >= 4 is 22.8 Å². The van der Waals surface area contributed by atoms with Crippen molar-refractivity contribution in [1.29, 1.82) is 0 Å². The Labute approximate surface area is 126 Å². The molecule has 7 heteroatoms. The number of fused-ring (bicyclic) bond motifs is 1. The number of nitro benzene ring substituents is 1. The molecule has 1 aromatic carbocycles. The van der Waals surface area contributed by atoms with Crippen LogP contribution in [0.4, 0.5) is 17.2 Å². The maximum atomic E-state index is 10.8. The second kappa shape index (κ2) is 5.36. The average molecular weight is 295 g/mol. The molecule has 0 N–H and O–H groups in total. The quantitative estimate of drug-likeness (QED) is 0.410. The minimum absolute atomic E-state index is 0.0119. The van der Waals surface area contributed by atoms with E-state index in [4.69, 9.17) is 0 Å². The molecular weight excluding hydrogens is 282 g/mol. The molecule has 0 amide bonds. The molecule has 0 spiro atoms. The van der Waals surface area contributed by atoms with Crippen LogP contribution in [-0.2, 0) is 0 Å². The summed E-state index contributed by atoms with van der Waals surface area (Å²) in [5.74, 6) is 0.616. The van der Waals surface area contributed by atoms with Gasteiger partial charge in [0.25, 0.3) is 5.69 Å². The van der Waals surface area contributed by atoms with Crippen molar-refractivity contribution in [3.63, 3.8) is 0 Å². The van der Waals surface area contributed by atoms with E-state index in [9.17, 15) is 10.1 Å². The summed E-state index contributed by atoms with van der Waals surface area (Å²) in [6, 6.07) is 9.94. The van der Waals surface area contributed by atoms with Crippen molar-refractivity contribution in [2.45, 2.75) is 13.8 Å². The number of aromatic nitrogens is 2. The van der Waals surface area contributed by atoms with Gasteiger partial charge in [-0.05, 0) is 31.5 Å². The van der Waals surface area contributed by atoms with Gasteiger partial charge in [-0.1, -0.05) is 12.1 Å². The predicted molar refractivity (Wildman–Crippen MR) is 81.9 cm³/mol. The summed E-state index contributed by atoms with van der Waals surface area (Å²) in [7, 11) is 0. The van der Waals surface area contributed by atoms with Gasteiger partial charge in [0.2, 0.25) is 0 Å². The molecule has 0 fully saturated rings. The highest BCUT2D eigenvalue weighted by Crippen LogP contribution is 2.26. The number of pyridine rings is 1. The lowest BCUT2D eigenvalue weighted by Crippen LogP contribution is -1.86. The number of benzene rings is 1. The number of azo groups is 1. The van der Waals surface area contributed by atoms with Gasteiger partial charge in [-0.2, -0.15) is 0 Å². The highest BCUT2D eigenvalue weighted by molar-refractivity contribution is 5.56. The molecule has 0 aliphatic carbocycles. The van der Waals surface area contributed by atoms with Crippen molar-refractivity contribution in [1.82, 2.24) is 9.38 Å². The van der Waals surface area contributed by atoms with E-state index in [1.165, 1.54) is 12.1 Å². The number of nitro groups is 1. The van der Waals surface area contributed by atoms with Crippen LogP contribution in [0.5, 0.6) is 0 Å². The van der Waals surface area contributed by atoms with E-state index in [-0.39, 0.29) is 5.69 Å². The molecule has 2 heterocycles. The van der Waals surface area contributed by atoms with Gasteiger partial charge >= 0.3 is 0 Å². The maximum Gasteiger partial charge on any atom is 0.271 e. The van der Waals surface area contributed by atoms with E-state index >= 15 is 0 Å². The lowest BCUT2D eigenvalue weighted by atomic mass is 10.3. The Hall–Kier alpha value is -3.09. The number of hydrogen-bond donors (Lipinski definition) is 0. The molecule has 2 aromatic heterocycles. The number of non-ortho nitro benzene ring substituents is 1. The molecule has 0 aliphatic heterocycles.